The highest BCUT2D eigenvalue weighted by atomic mass is 16.1. The topological polar surface area (TPSA) is 20.3 Å². The van der Waals surface area contributed by atoms with E-state index in [2.05, 4.69) is 38.8 Å². The van der Waals surface area contributed by atoms with Crippen LogP contribution in [0, 0.1) is 19.8 Å². The second kappa shape index (κ2) is 7.22. The van der Waals surface area contributed by atoms with E-state index in [0.717, 1.165) is 11.5 Å². The molecule has 2 heteroatoms. The molecule has 1 aliphatic carbocycles. The highest BCUT2D eigenvalue weighted by Crippen LogP contribution is 2.29. The van der Waals surface area contributed by atoms with E-state index in [4.69, 9.17) is 0 Å². The Kier molecular flexibility index (Phi) is 5.58. The van der Waals surface area contributed by atoms with E-state index in [1.807, 2.05) is 12.1 Å². The molecule has 0 spiro atoms. The zero-order chi connectivity index (χ0) is 15.4. The van der Waals surface area contributed by atoms with E-state index in [-0.39, 0.29) is 5.78 Å². The number of rotatable bonds is 5. The van der Waals surface area contributed by atoms with Gasteiger partial charge in [0.05, 0.1) is 6.54 Å². The molecule has 0 amide bonds. The number of Topliss-reactive ketones (excluding diaryl/α,β-unsaturated/α-hetero) is 1. The molecule has 0 heterocycles. The van der Waals surface area contributed by atoms with Crippen LogP contribution in [0.5, 0.6) is 0 Å². The Bertz CT molecular complexity index is 486. The first kappa shape index (κ1) is 16.2. The second-order valence-electron chi connectivity index (χ2n) is 6.72. The summed E-state index contributed by atoms with van der Waals surface area (Å²) in [5, 5.41) is 0. The summed E-state index contributed by atoms with van der Waals surface area (Å²) in [4.78, 5) is 14.7. The van der Waals surface area contributed by atoms with E-state index in [1.54, 1.807) is 0 Å². The quantitative estimate of drug-likeness (QED) is 0.749. The van der Waals surface area contributed by atoms with Crippen molar-refractivity contribution in [2.75, 3.05) is 13.6 Å². The number of hydrogen-bond acceptors (Lipinski definition) is 2. The Morgan fingerprint density at radius 2 is 1.81 bits per heavy atom. The lowest BCUT2D eigenvalue weighted by atomic mass is 9.84. The fourth-order valence-corrected chi connectivity index (χ4v) is 3.36. The van der Waals surface area contributed by atoms with Gasteiger partial charge in [0.2, 0.25) is 0 Å². The third-order valence-electron chi connectivity index (χ3n) is 5.24. The van der Waals surface area contributed by atoms with Gasteiger partial charge in [-0.1, -0.05) is 25.5 Å². The van der Waals surface area contributed by atoms with Crippen LogP contribution in [0.15, 0.2) is 18.2 Å². The lowest BCUT2D eigenvalue weighted by Gasteiger charge is -2.34. The second-order valence-corrected chi connectivity index (χ2v) is 6.72. The van der Waals surface area contributed by atoms with Gasteiger partial charge in [-0.25, -0.2) is 0 Å². The average molecular weight is 287 g/mol. The Morgan fingerprint density at radius 3 is 2.38 bits per heavy atom. The number of carbonyl (C=O) groups excluding carboxylic acids is 1. The van der Waals surface area contributed by atoms with Gasteiger partial charge in [0.25, 0.3) is 0 Å². The first-order chi connectivity index (χ1) is 10.0. The van der Waals surface area contributed by atoms with Crippen molar-refractivity contribution in [3.05, 3.63) is 34.9 Å². The summed E-state index contributed by atoms with van der Waals surface area (Å²) in [6, 6.07) is 6.63. The monoisotopic (exact) mass is 287 g/mol. The van der Waals surface area contributed by atoms with Crippen LogP contribution in [0.25, 0.3) is 0 Å². The maximum Gasteiger partial charge on any atom is 0.176 e. The van der Waals surface area contributed by atoms with Crippen LogP contribution < -0.4 is 0 Å². The van der Waals surface area contributed by atoms with Crippen LogP contribution >= 0.6 is 0 Å². The van der Waals surface area contributed by atoms with Crippen molar-refractivity contribution in [1.29, 1.82) is 0 Å². The fraction of sp³-hybridized carbons (Fsp3) is 0.632. The molecule has 1 saturated carbocycles. The number of ketones is 1. The standard InChI is InChI=1S/C19H29NO/c1-5-16-7-10-18(11-8-16)20(4)13-19(21)17-9-6-14(2)15(3)12-17/h6,9,12,16,18H,5,7-8,10-11,13H2,1-4H3. The normalized spacial score (nSPS) is 22.5. The van der Waals surface area contributed by atoms with E-state index in [0.29, 0.717) is 12.6 Å². The Labute approximate surface area is 129 Å². The van der Waals surface area contributed by atoms with Gasteiger partial charge < -0.3 is 0 Å². The molecular formula is C19H29NO. The summed E-state index contributed by atoms with van der Waals surface area (Å²) < 4.78 is 0. The Hall–Kier alpha value is -1.15. The zero-order valence-corrected chi connectivity index (χ0v) is 14.0. The third kappa shape index (κ3) is 4.16. The predicted octanol–water partition coefficient (Wildman–Crippen LogP) is 4.39. The molecule has 0 unspecified atom stereocenters. The van der Waals surface area contributed by atoms with Crippen LogP contribution in [0.4, 0.5) is 0 Å². The molecule has 0 N–H and O–H groups in total. The zero-order valence-electron chi connectivity index (χ0n) is 14.0. The van der Waals surface area contributed by atoms with Crippen LogP contribution in [-0.4, -0.2) is 30.3 Å². The lowest BCUT2D eigenvalue weighted by molar-refractivity contribution is 0.0885. The third-order valence-corrected chi connectivity index (χ3v) is 5.24. The van der Waals surface area contributed by atoms with Crippen LogP contribution in [0.2, 0.25) is 0 Å². The number of likely N-dealkylation sites (N-methyl/N-ethyl adjacent to an activating group) is 1. The van der Waals surface area contributed by atoms with Crippen LogP contribution in [0.1, 0.15) is 60.5 Å². The summed E-state index contributed by atoms with van der Waals surface area (Å²) in [7, 11) is 2.11. The van der Waals surface area contributed by atoms with E-state index in [9.17, 15) is 4.79 Å². The van der Waals surface area contributed by atoms with Crippen molar-refractivity contribution in [2.24, 2.45) is 5.92 Å². The number of hydrogen-bond donors (Lipinski definition) is 0. The molecule has 1 aliphatic rings. The average Bonchev–Trinajstić information content (AvgIpc) is 2.50. The lowest BCUT2D eigenvalue weighted by Crippen LogP contribution is -2.38. The van der Waals surface area contributed by atoms with Gasteiger partial charge in [-0.3, -0.25) is 9.69 Å². The molecule has 116 valence electrons. The van der Waals surface area contributed by atoms with Gasteiger partial charge >= 0.3 is 0 Å². The summed E-state index contributed by atoms with van der Waals surface area (Å²) in [5.41, 5.74) is 3.30. The molecule has 1 fully saturated rings. The van der Waals surface area contributed by atoms with Gasteiger partial charge in [0, 0.05) is 11.6 Å². The maximum atomic E-state index is 12.4. The summed E-state index contributed by atoms with van der Waals surface area (Å²) in [5.74, 6) is 1.16. The Morgan fingerprint density at radius 1 is 1.14 bits per heavy atom. The number of aryl methyl sites for hydroxylation is 2. The maximum absolute atomic E-state index is 12.4. The van der Waals surface area contributed by atoms with Gasteiger partial charge in [0.15, 0.2) is 5.78 Å². The van der Waals surface area contributed by atoms with Crippen molar-refractivity contribution >= 4 is 5.78 Å². The van der Waals surface area contributed by atoms with Crippen molar-refractivity contribution in [3.8, 4) is 0 Å². The van der Waals surface area contributed by atoms with E-state index < -0.39 is 0 Å². The highest BCUT2D eigenvalue weighted by molar-refractivity contribution is 5.97. The minimum atomic E-state index is 0.248. The van der Waals surface area contributed by atoms with E-state index >= 15 is 0 Å². The molecular weight excluding hydrogens is 258 g/mol. The van der Waals surface area contributed by atoms with Crippen molar-refractivity contribution < 1.29 is 4.79 Å². The summed E-state index contributed by atoms with van der Waals surface area (Å²) in [6.07, 6.45) is 6.44. The van der Waals surface area contributed by atoms with Crippen molar-refractivity contribution in [2.45, 2.75) is 58.9 Å². The molecule has 0 radical (unpaired) electrons. The Balaban J connectivity index is 1.91. The van der Waals surface area contributed by atoms with E-state index in [1.165, 1.54) is 43.2 Å². The minimum Gasteiger partial charge on any atom is -0.296 e. The molecule has 0 atom stereocenters. The number of carbonyl (C=O) groups is 1. The molecule has 0 bridgehead atoms. The summed E-state index contributed by atoms with van der Waals surface area (Å²) in [6.45, 7) is 6.99. The molecule has 0 saturated heterocycles. The van der Waals surface area contributed by atoms with Crippen molar-refractivity contribution in [1.82, 2.24) is 4.90 Å². The molecule has 2 rings (SSSR count). The molecule has 0 aliphatic heterocycles. The molecule has 21 heavy (non-hydrogen) atoms. The van der Waals surface area contributed by atoms with Gasteiger partial charge in [-0.15, -0.1) is 0 Å². The van der Waals surface area contributed by atoms with Crippen LogP contribution in [0.3, 0.4) is 0 Å². The number of benzene rings is 1. The van der Waals surface area contributed by atoms with Gasteiger partial charge in [-0.05, 0) is 69.7 Å². The molecule has 1 aromatic rings. The molecule has 2 nitrogen and oxygen atoms in total. The van der Waals surface area contributed by atoms with Crippen molar-refractivity contribution in [3.63, 3.8) is 0 Å². The fourth-order valence-electron chi connectivity index (χ4n) is 3.36. The van der Waals surface area contributed by atoms with Gasteiger partial charge in [-0.2, -0.15) is 0 Å². The highest BCUT2D eigenvalue weighted by Gasteiger charge is 2.24. The predicted molar refractivity (Wildman–Crippen MR) is 88.9 cm³/mol. The molecule has 1 aromatic carbocycles. The SMILES string of the molecule is CCC1CCC(N(C)CC(=O)c2ccc(C)c(C)c2)CC1. The van der Waals surface area contributed by atoms with Gasteiger partial charge in [0.1, 0.15) is 0 Å². The largest absolute Gasteiger partial charge is 0.296 e. The number of nitrogens with zero attached hydrogens (tertiary/aromatic N) is 1. The first-order valence-electron chi connectivity index (χ1n) is 8.32. The summed E-state index contributed by atoms with van der Waals surface area (Å²) >= 11 is 0. The molecule has 0 aromatic heterocycles. The smallest absolute Gasteiger partial charge is 0.176 e. The van der Waals surface area contributed by atoms with Crippen LogP contribution in [-0.2, 0) is 0 Å². The first-order valence-corrected chi connectivity index (χ1v) is 8.32. The minimum absolute atomic E-state index is 0.248.